The van der Waals surface area contributed by atoms with Crippen LogP contribution in [0.25, 0.3) is 0 Å². The number of nitriles is 2. The molecule has 0 unspecified atom stereocenters. The Hall–Kier alpha value is -1.80. The number of aryl methyl sites for hydroxylation is 1. The number of hydrogen-bond donors (Lipinski definition) is 0. The normalized spacial score (nSPS) is 7.46. The van der Waals surface area contributed by atoms with E-state index in [-0.39, 0.29) is 0 Å². The zero-order valence-corrected chi connectivity index (χ0v) is 8.13. The molecule has 0 radical (unpaired) electrons. The molecule has 0 N–H and O–H groups in total. The number of benzene rings is 1. The van der Waals surface area contributed by atoms with Crippen molar-refractivity contribution < 1.29 is 0 Å². The summed E-state index contributed by atoms with van der Waals surface area (Å²) >= 11 is 0. The summed E-state index contributed by atoms with van der Waals surface area (Å²) in [4.78, 5) is 0. The first kappa shape index (κ1) is 11.2. The maximum Gasteiger partial charge on any atom is 0.0992 e. The molecule has 1 aromatic rings. The van der Waals surface area contributed by atoms with E-state index in [2.05, 4.69) is 0 Å². The first-order valence-corrected chi connectivity index (χ1v) is 4.18. The summed E-state index contributed by atoms with van der Waals surface area (Å²) in [6.45, 7) is 5.86. The van der Waals surface area contributed by atoms with Crippen molar-refractivity contribution in [2.24, 2.45) is 0 Å². The first-order valence-electron chi connectivity index (χ1n) is 4.18. The van der Waals surface area contributed by atoms with Gasteiger partial charge in [-0.15, -0.1) is 0 Å². The van der Waals surface area contributed by atoms with E-state index in [1.807, 2.05) is 32.9 Å². The van der Waals surface area contributed by atoms with E-state index in [0.717, 1.165) is 5.56 Å². The van der Waals surface area contributed by atoms with Crippen molar-refractivity contribution >= 4 is 0 Å². The number of hydrogen-bond acceptors (Lipinski definition) is 2. The molecule has 66 valence electrons. The molecule has 0 fully saturated rings. The minimum absolute atomic E-state index is 0.543. The predicted octanol–water partition coefficient (Wildman–Crippen LogP) is 2.76. The molecular weight excluding hydrogens is 160 g/mol. The number of rotatable bonds is 0. The SMILES string of the molecule is CC.Cc1cc(C#N)cc(C#N)c1. The fourth-order valence-corrected chi connectivity index (χ4v) is 0.912. The molecule has 0 aromatic heterocycles. The molecule has 0 aliphatic rings. The first-order chi connectivity index (χ1) is 6.26. The van der Waals surface area contributed by atoms with Crippen LogP contribution in [0.4, 0.5) is 0 Å². The van der Waals surface area contributed by atoms with Crippen LogP contribution < -0.4 is 0 Å². The van der Waals surface area contributed by atoms with Crippen LogP contribution in [-0.2, 0) is 0 Å². The second-order valence-electron chi connectivity index (χ2n) is 2.31. The third-order valence-electron chi connectivity index (χ3n) is 1.34. The molecule has 0 aliphatic carbocycles. The van der Waals surface area contributed by atoms with Gasteiger partial charge in [-0.3, -0.25) is 0 Å². The van der Waals surface area contributed by atoms with Crippen LogP contribution in [0.1, 0.15) is 30.5 Å². The molecule has 1 rings (SSSR count). The lowest BCUT2D eigenvalue weighted by Crippen LogP contribution is -1.81. The zero-order chi connectivity index (χ0) is 10.3. The highest BCUT2D eigenvalue weighted by Crippen LogP contribution is 2.07. The Balaban J connectivity index is 0.000000671. The van der Waals surface area contributed by atoms with Crippen LogP contribution in [0.2, 0.25) is 0 Å². The minimum atomic E-state index is 0.543. The van der Waals surface area contributed by atoms with E-state index >= 15 is 0 Å². The second-order valence-corrected chi connectivity index (χ2v) is 2.31. The van der Waals surface area contributed by atoms with Crippen LogP contribution in [0.3, 0.4) is 0 Å². The summed E-state index contributed by atoms with van der Waals surface area (Å²) in [7, 11) is 0. The molecule has 0 heterocycles. The summed E-state index contributed by atoms with van der Waals surface area (Å²) < 4.78 is 0. The molecule has 2 nitrogen and oxygen atoms in total. The van der Waals surface area contributed by atoms with Crippen molar-refractivity contribution in [3.63, 3.8) is 0 Å². The average Bonchev–Trinajstić information content (AvgIpc) is 2.20. The van der Waals surface area contributed by atoms with Crippen molar-refractivity contribution in [3.8, 4) is 12.1 Å². The van der Waals surface area contributed by atoms with Gasteiger partial charge < -0.3 is 0 Å². The molecule has 0 saturated carbocycles. The third kappa shape index (κ3) is 3.40. The fourth-order valence-electron chi connectivity index (χ4n) is 0.912. The summed E-state index contributed by atoms with van der Waals surface area (Å²) in [6, 6.07) is 9.06. The van der Waals surface area contributed by atoms with Crippen LogP contribution in [0, 0.1) is 29.6 Å². The maximum absolute atomic E-state index is 8.52. The van der Waals surface area contributed by atoms with Crippen molar-refractivity contribution in [1.82, 2.24) is 0 Å². The van der Waals surface area contributed by atoms with E-state index in [4.69, 9.17) is 10.5 Å². The Morgan fingerprint density at radius 1 is 0.923 bits per heavy atom. The Morgan fingerprint density at radius 3 is 1.62 bits per heavy atom. The monoisotopic (exact) mass is 172 g/mol. The van der Waals surface area contributed by atoms with Gasteiger partial charge in [-0.1, -0.05) is 13.8 Å². The van der Waals surface area contributed by atoms with Crippen molar-refractivity contribution in [2.75, 3.05) is 0 Å². The van der Waals surface area contributed by atoms with Crippen LogP contribution in [-0.4, -0.2) is 0 Å². The lowest BCUT2D eigenvalue weighted by Gasteiger charge is -1.93. The molecule has 13 heavy (non-hydrogen) atoms. The summed E-state index contributed by atoms with van der Waals surface area (Å²) in [6.07, 6.45) is 0. The van der Waals surface area contributed by atoms with Crippen molar-refractivity contribution in [1.29, 1.82) is 10.5 Å². The van der Waals surface area contributed by atoms with Gasteiger partial charge in [0, 0.05) is 0 Å². The van der Waals surface area contributed by atoms with Crippen molar-refractivity contribution in [2.45, 2.75) is 20.8 Å². The molecular formula is C11H12N2. The van der Waals surface area contributed by atoms with E-state index in [1.165, 1.54) is 0 Å². The van der Waals surface area contributed by atoms with Crippen LogP contribution in [0.15, 0.2) is 18.2 Å². The Bertz CT molecular complexity index is 321. The van der Waals surface area contributed by atoms with E-state index in [9.17, 15) is 0 Å². The highest BCUT2D eigenvalue weighted by molar-refractivity contribution is 5.41. The maximum atomic E-state index is 8.52. The van der Waals surface area contributed by atoms with E-state index in [0.29, 0.717) is 11.1 Å². The second kappa shape index (κ2) is 5.80. The van der Waals surface area contributed by atoms with Gasteiger partial charge in [0.15, 0.2) is 0 Å². The van der Waals surface area contributed by atoms with Crippen molar-refractivity contribution in [3.05, 3.63) is 34.9 Å². The average molecular weight is 172 g/mol. The quantitative estimate of drug-likeness (QED) is 0.604. The predicted molar refractivity (Wildman–Crippen MR) is 52.0 cm³/mol. The van der Waals surface area contributed by atoms with Gasteiger partial charge in [0.1, 0.15) is 0 Å². The van der Waals surface area contributed by atoms with Gasteiger partial charge in [0.05, 0.1) is 23.3 Å². The van der Waals surface area contributed by atoms with Crippen LogP contribution >= 0.6 is 0 Å². The topological polar surface area (TPSA) is 47.6 Å². The minimum Gasteiger partial charge on any atom is -0.192 e. The molecule has 0 saturated heterocycles. The zero-order valence-electron chi connectivity index (χ0n) is 8.13. The smallest absolute Gasteiger partial charge is 0.0992 e. The highest BCUT2D eigenvalue weighted by atomic mass is 14.3. The lowest BCUT2D eigenvalue weighted by molar-refractivity contribution is 1.39. The Labute approximate surface area is 79.0 Å². The standard InChI is InChI=1S/C9H6N2.C2H6/c1-7-2-8(5-10)4-9(3-7)6-11;1-2/h2-4H,1H3;1-2H3. The van der Waals surface area contributed by atoms with E-state index in [1.54, 1.807) is 18.2 Å². The molecule has 0 atom stereocenters. The largest absolute Gasteiger partial charge is 0.192 e. The molecule has 0 bridgehead atoms. The van der Waals surface area contributed by atoms with Gasteiger partial charge >= 0.3 is 0 Å². The van der Waals surface area contributed by atoms with Crippen LogP contribution in [0.5, 0.6) is 0 Å². The number of nitrogens with zero attached hydrogens (tertiary/aromatic N) is 2. The lowest BCUT2D eigenvalue weighted by atomic mass is 10.1. The summed E-state index contributed by atoms with van der Waals surface area (Å²) in [5, 5.41) is 17.0. The van der Waals surface area contributed by atoms with Gasteiger partial charge in [0.2, 0.25) is 0 Å². The van der Waals surface area contributed by atoms with E-state index < -0.39 is 0 Å². The molecule has 0 aliphatic heterocycles. The van der Waals surface area contributed by atoms with Gasteiger partial charge in [-0.25, -0.2) is 0 Å². The molecule has 2 heteroatoms. The highest BCUT2D eigenvalue weighted by Gasteiger charge is 1.95. The third-order valence-corrected chi connectivity index (χ3v) is 1.34. The summed E-state index contributed by atoms with van der Waals surface area (Å²) in [5.41, 5.74) is 2.03. The summed E-state index contributed by atoms with van der Waals surface area (Å²) in [5.74, 6) is 0. The molecule has 0 spiro atoms. The molecule has 0 amide bonds. The molecule has 1 aromatic carbocycles. The fraction of sp³-hybridized carbons (Fsp3) is 0.273. The Kier molecular flexibility index (Phi) is 5.00. The Morgan fingerprint density at radius 2 is 1.31 bits per heavy atom. The van der Waals surface area contributed by atoms with Gasteiger partial charge in [0.25, 0.3) is 0 Å². The van der Waals surface area contributed by atoms with Gasteiger partial charge in [-0.2, -0.15) is 10.5 Å². The van der Waals surface area contributed by atoms with Gasteiger partial charge in [-0.05, 0) is 30.7 Å².